The molecule has 0 aliphatic rings. The van der Waals surface area contributed by atoms with Gasteiger partial charge in [0.05, 0.1) is 12.2 Å². The third-order valence-corrected chi connectivity index (χ3v) is 2.15. The summed E-state index contributed by atoms with van der Waals surface area (Å²) in [5.41, 5.74) is 0.743. The molecule has 1 N–H and O–H groups in total. The van der Waals surface area contributed by atoms with E-state index in [2.05, 4.69) is 0 Å². The van der Waals surface area contributed by atoms with E-state index in [4.69, 9.17) is 9.84 Å². The van der Waals surface area contributed by atoms with Crippen molar-refractivity contribution >= 4 is 11.9 Å². The Balaban J connectivity index is 2.35. The van der Waals surface area contributed by atoms with Gasteiger partial charge in [0, 0.05) is 12.0 Å². The number of rotatable bonds is 5. The van der Waals surface area contributed by atoms with Gasteiger partial charge in [-0.05, 0) is 19.1 Å². The Bertz CT molecular complexity index is 420. The Morgan fingerprint density at radius 2 is 1.94 bits per heavy atom. The van der Waals surface area contributed by atoms with Crippen molar-refractivity contribution in [1.29, 1.82) is 0 Å². The predicted molar refractivity (Wildman–Crippen MR) is 62.7 cm³/mol. The summed E-state index contributed by atoms with van der Waals surface area (Å²) in [5.74, 6) is -1.36. The molecule has 4 heteroatoms. The quantitative estimate of drug-likeness (QED) is 0.482. The third kappa shape index (κ3) is 4.51. The number of carbonyl (C=O) groups is 2. The summed E-state index contributed by atoms with van der Waals surface area (Å²) in [6.07, 6.45) is 1.93. The van der Waals surface area contributed by atoms with E-state index in [0.717, 1.165) is 0 Å². The Labute approximate surface area is 99.5 Å². The van der Waals surface area contributed by atoms with Gasteiger partial charge in [-0.3, -0.25) is 0 Å². The molecule has 0 amide bonds. The third-order valence-electron chi connectivity index (χ3n) is 2.15. The van der Waals surface area contributed by atoms with Crippen molar-refractivity contribution in [2.75, 3.05) is 6.61 Å². The van der Waals surface area contributed by atoms with Crippen LogP contribution in [-0.4, -0.2) is 23.7 Å². The lowest BCUT2D eigenvalue weighted by atomic mass is 10.2. The van der Waals surface area contributed by atoms with Gasteiger partial charge in [-0.1, -0.05) is 24.3 Å². The van der Waals surface area contributed by atoms with Crippen molar-refractivity contribution in [3.05, 3.63) is 47.5 Å². The summed E-state index contributed by atoms with van der Waals surface area (Å²) in [6, 6.07) is 8.66. The molecule has 17 heavy (non-hydrogen) atoms. The molecule has 0 aliphatic heterocycles. The summed E-state index contributed by atoms with van der Waals surface area (Å²) in [7, 11) is 0. The van der Waals surface area contributed by atoms with Crippen LogP contribution in [0.25, 0.3) is 0 Å². The van der Waals surface area contributed by atoms with Crippen LogP contribution in [0.15, 0.2) is 42.0 Å². The highest BCUT2D eigenvalue weighted by Gasteiger charge is 2.05. The van der Waals surface area contributed by atoms with Gasteiger partial charge in [0.2, 0.25) is 0 Å². The maximum absolute atomic E-state index is 11.5. The highest BCUT2D eigenvalue weighted by atomic mass is 16.5. The van der Waals surface area contributed by atoms with Crippen LogP contribution in [0.4, 0.5) is 0 Å². The number of carbonyl (C=O) groups excluding carboxylic acids is 1. The van der Waals surface area contributed by atoms with E-state index in [1.54, 1.807) is 24.3 Å². The van der Waals surface area contributed by atoms with Gasteiger partial charge >= 0.3 is 11.9 Å². The van der Waals surface area contributed by atoms with Crippen LogP contribution in [0.3, 0.4) is 0 Å². The number of hydrogen-bond donors (Lipinski definition) is 1. The zero-order valence-electron chi connectivity index (χ0n) is 9.55. The van der Waals surface area contributed by atoms with Gasteiger partial charge in [0.15, 0.2) is 0 Å². The smallest absolute Gasteiger partial charge is 0.338 e. The van der Waals surface area contributed by atoms with Crippen LogP contribution in [0.5, 0.6) is 0 Å². The number of hydrogen-bond acceptors (Lipinski definition) is 3. The zero-order valence-corrected chi connectivity index (χ0v) is 9.55. The Hall–Kier alpha value is -2.10. The molecule has 1 rings (SSSR count). The fourth-order valence-corrected chi connectivity index (χ4v) is 1.17. The number of ether oxygens (including phenoxy) is 1. The van der Waals surface area contributed by atoms with Crippen molar-refractivity contribution in [2.24, 2.45) is 0 Å². The summed E-state index contributed by atoms with van der Waals surface area (Å²) in [5, 5.41) is 8.59. The molecule has 0 aromatic heterocycles. The second-order valence-corrected chi connectivity index (χ2v) is 3.48. The molecule has 0 aliphatic carbocycles. The molecule has 0 radical (unpaired) electrons. The predicted octanol–water partition coefficient (Wildman–Crippen LogP) is 2.26. The van der Waals surface area contributed by atoms with Crippen molar-refractivity contribution in [2.45, 2.75) is 13.3 Å². The molecular formula is C13H14O4. The molecule has 0 heterocycles. The normalized spacial score (nSPS) is 11.0. The van der Waals surface area contributed by atoms with Gasteiger partial charge in [-0.25, -0.2) is 9.59 Å². The van der Waals surface area contributed by atoms with Crippen LogP contribution in [0, 0.1) is 0 Å². The van der Waals surface area contributed by atoms with Crippen LogP contribution in [0.2, 0.25) is 0 Å². The molecule has 0 spiro atoms. The average Bonchev–Trinajstić information content (AvgIpc) is 2.35. The number of aliphatic carboxylic acids is 1. The minimum atomic E-state index is -0.959. The first-order chi connectivity index (χ1) is 8.11. The molecule has 0 fully saturated rings. The Morgan fingerprint density at radius 1 is 1.29 bits per heavy atom. The largest absolute Gasteiger partial charge is 0.478 e. The van der Waals surface area contributed by atoms with Gasteiger partial charge in [-0.15, -0.1) is 0 Å². The second-order valence-electron chi connectivity index (χ2n) is 3.48. The van der Waals surface area contributed by atoms with E-state index in [-0.39, 0.29) is 12.2 Å². The minimum Gasteiger partial charge on any atom is -0.478 e. The molecule has 1 aromatic rings. The molecule has 0 saturated heterocycles. The molecule has 0 atom stereocenters. The van der Waals surface area contributed by atoms with E-state index < -0.39 is 11.9 Å². The van der Waals surface area contributed by atoms with Gasteiger partial charge in [-0.2, -0.15) is 0 Å². The highest BCUT2D eigenvalue weighted by Crippen LogP contribution is 2.02. The Kier molecular flexibility index (Phi) is 4.94. The highest BCUT2D eigenvalue weighted by molar-refractivity contribution is 5.89. The summed E-state index contributed by atoms with van der Waals surface area (Å²) in [4.78, 5) is 21.9. The molecule has 90 valence electrons. The number of carboxylic acids is 1. The van der Waals surface area contributed by atoms with E-state index in [1.807, 2.05) is 6.07 Å². The van der Waals surface area contributed by atoms with E-state index >= 15 is 0 Å². The molecule has 1 aromatic carbocycles. The van der Waals surface area contributed by atoms with Crippen LogP contribution < -0.4 is 0 Å². The summed E-state index contributed by atoms with van der Waals surface area (Å²) >= 11 is 0. The second kappa shape index (κ2) is 6.48. The first kappa shape index (κ1) is 13.0. The number of carboxylic acid groups (broad SMARTS) is 1. The average molecular weight is 234 g/mol. The van der Waals surface area contributed by atoms with Crippen LogP contribution in [0.1, 0.15) is 23.7 Å². The zero-order chi connectivity index (χ0) is 12.7. The lowest BCUT2D eigenvalue weighted by Crippen LogP contribution is -2.06. The fraction of sp³-hybridized carbons (Fsp3) is 0.231. The first-order valence-electron chi connectivity index (χ1n) is 5.23. The molecule has 0 bridgehead atoms. The number of benzene rings is 1. The molecule has 4 nitrogen and oxygen atoms in total. The minimum absolute atomic E-state index is 0.179. The van der Waals surface area contributed by atoms with Crippen LogP contribution >= 0.6 is 0 Å². The maximum Gasteiger partial charge on any atom is 0.338 e. The topological polar surface area (TPSA) is 63.6 Å². The number of esters is 1. The lowest BCUT2D eigenvalue weighted by molar-refractivity contribution is -0.132. The van der Waals surface area contributed by atoms with Crippen LogP contribution in [-0.2, 0) is 9.53 Å². The van der Waals surface area contributed by atoms with Crippen molar-refractivity contribution < 1.29 is 19.4 Å². The summed E-state index contributed by atoms with van der Waals surface area (Å²) < 4.78 is 4.98. The van der Waals surface area contributed by atoms with E-state index in [1.165, 1.54) is 13.0 Å². The molecule has 0 saturated carbocycles. The maximum atomic E-state index is 11.5. The van der Waals surface area contributed by atoms with E-state index in [9.17, 15) is 9.59 Å². The SMILES string of the molecule is CC(=CCCOC(=O)c1ccccc1)C(=O)O. The van der Waals surface area contributed by atoms with Crippen molar-refractivity contribution in [1.82, 2.24) is 0 Å². The van der Waals surface area contributed by atoms with E-state index in [0.29, 0.717) is 12.0 Å². The molecule has 0 unspecified atom stereocenters. The van der Waals surface area contributed by atoms with Crippen molar-refractivity contribution in [3.8, 4) is 0 Å². The monoisotopic (exact) mass is 234 g/mol. The fourth-order valence-electron chi connectivity index (χ4n) is 1.17. The molecular weight excluding hydrogens is 220 g/mol. The lowest BCUT2D eigenvalue weighted by Gasteiger charge is -2.02. The standard InChI is InChI=1S/C13H14O4/c1-10(12(14)15)6-5-9-17-13(16)11-7-3-2-4-8-11/h2-4,6-8H,5,9H2,1H3,(H,14,15). The van der Waals surface area contributed by atoms with Gasteiger partial charge in [0.25, 0.3) is 0 Å². The first-order valence-corrected chi connectivity index (χ1v) is 5.23. The van der Waals surface area contributed by atoms with Gasteiger partial charge < -0.3 is 9.84 Å². The van der Waals surface area contributed by atoms with Crippen molar-refractivity contribution in [3.63, 3.8) is 0 Å². The summed E-state index contributed by atoms with van der Waals surface area (Å²) in [6.45, 7) is 1.68. The van der Waals surface area contributed by atoms with Gasteiger partial charge in [0.1, 0.15) is 0 Å². The Morgan fingerprint density at radius 3 is 2.53 bits per heavy atom.